The molecule has 1 aliphatic heterocycles. The van der Waals surface area contributed by atoms with Crippen LogP contribution in [0.4, 0.5) is 0 Å². The van der Waals surface area contributed by atoms with Crippen molar-refractivity contribution in [2.24, 2.45) is 0 Å². The lowest BCUT2D eigenvalue weighted by Crippen LogP contribution is -2.52. The molecule has 0 aromatic heterocycles. The Kier molecular flexibility index (Phi) is 2.22. The van der Waals surface area contributed by atoms with Crippen LogP contribution in [0.2, 0.25) is 0 Å². The molecule has 0 spiro atoms. The predicted octanol–water partition coefficient (Wildman–Crippen LogP) is -0.760. The number of hydrogen-bond acceptors (Lipinski definition) is 4. The van der Waals surface area contributed by atoms with Gasteiger partial charge in [0.15, 0.2) is 0 Å². The summed E-state index contributed by atoms with van der Waals surface area (Å²) in [6, 6.07) is 0. The number of carbonyl (C=O) groups excluding carboxylic acids is 2. The highest BCUT2D eigenvalue weighted by Crippen LogP contribution is 2.22. The number of rotatable bonds is 2. The van der Waals surface area contributed by atoms with Crippen molar-refractivity contribution in [2.45, 2.75) is 25.5 Å². The van der Waals surface area contributed by atoms with Gasteiger partial charge in [-0.1, -0.05) is 0 Å². The summed E-state index contributed by atoms with van der Waals surface area (Å²) in [5.41, 5.74) is -1.84. The number of hydrogen-bond donors (Lipinski definition) is 2. The molecule has 0 aliphatic carbocycles. The van der Waals surface area contributed by atoms with Crippen LogP contribution in [-0.2, 0) is 19.1 Å². The van der Waals surface area contributed by atoms with Crippen LogP contribution in [0, 0.1) is 0 Å². The lowest BCUT2D eigenvalue weighted by molar-refractivity contribution is -0.180. The molecule has 1 rings (SSSR count). The van der Waals surface area contributed by atoms with E-state index in [1.807, 2.05) is 0 Å². The number of ether oxygens (including phenoxy) is 1. The molecule has 0 radical (unpaired) electrons. The molecule has 0 saturated carbocycles. The number of nitrogens with one attached hydrogen (secondary N) is 1. The maximum absolute atomic E-state index is 10.8. The number of carboxylic acids is 1. The summed E-state index contributed by atoms with van der Waals surface area (Å²) in [6.45, 7) is 1.09. The monoisotopic (exact) mass is 187 g/mol. The normalized spacial score (nSPS) is 26.7. The van der Waals surface area contributed by atoms with Gasteiger partial charge in [0.1, 0.15) is 0 Å². The molecule has 1 fully saturated rings. The second kappa shape index (κ2) is 3.04. The van der Waals surface area contributed by atoms with Crippen molar-refractivity contribution >= 4 is 17.8 Å². The third-order valence-electron chi connectivity index (χ3n) is 1.71. The van der Waals surface area contributed by atoms with E-state index in [9.17, 15) is 14.4 Å². The second-order valence-electron chi connectivity index (χ2n) is 2.77. The van der Waals surface area contributed by atoms with Gasteiger partial charge >= 0.3 is 11.9 Å². The first-order valence-corrected chi connectivity index (χ1v) is 3.70. The Morgan fingerprint density at radius 3 is 2.54 bits per heavy atom. The van der Waals surface area contributed by atoms with Gasteiger partial charge in [0, 0.05) is 19.8 Å². The molecule has 0 bridgehead atoms. The van der Waals surface area contributed by atoms with Crippen molar-refractivity contribution in [3.8, 4) is 0 Å². The van der Waals surface area contributed by atoms with Gasteiger partial charge in [-0.3, -0.25) is 9.59 Å². The van der Waals surface area contributed by atoms with Crippen molar-refractivity contribution in [2.75, 3.05) is 0 Å². The minimum atomic E-state index is -1.84. The van der Waals surface area contributed by atoms with Crippen molar-refractivity contribution in [1.29, 1.82) is 0 Å². The number of carboxylic acid groups (broad SMARTS) is 1. The summed E-state index contributed by atoms with van der Waals surface area (Å²) in [6.07, 6.45) is 0.0281. The molecule has 6 heteroatoms. The van der Waals surface area contributed by atoms with E-state index < -0.39 is 23.6 Å². The lowest BCUT2D eigenvalue weighted by Gasteiger charge is -2.22. The molecule has 1 saturated heterocycles. The molecule has 1 heterocycles. The maximum atomic E-state index is 10.8. The summed E-state index contributed by atoms with van der Waals surface area (Å²) < 4.78 is 4.56. The predicted molar refractivity (Wildman–Crippen MR) is 39.5 cm³/mol. The Balaban J connectivity index is 2.83. The highest BCUT2D eigenvalue weighted by molar-refractivity contribution is 5.91. The molecule has 2 N–H and O–H groups in total. The van der Waals surface area contributed by atoms with Crippen LogP contribution in [0.25, 0.3) is 0 Å². The zero-order valence-corrected chi connectivity index (χ0v) is 6.99. The minimum Gasteiger partial charge on any atom is -0.477 e. The highest BCUT2D eigenvalue weighted by Gasteiger charge is 2.48. The molecule has 6 nitrogen and oxygen atoms in total. The SMILES string of the molecule is CC(=O)O[C@@]1(C(=O)O)CCC(=O)N1. The second-order valence-corrected chi connectivity index (χ2v) is 2.77. The fraction of sp³-hybridized carbons (Fsp3) is 0.571. The van der Waals surface area contributed by atoms with Gasteiger partial charge in [-0.05, 0) is 0 Å². The molecule has 0 aromatic carbocycles. The average molecular weight is 187 g/mol. The first-order chi connectivity index (χ1) is 5.96. The third-order valence-corrected chi connectivity index (χ3v) is 1.71. The summed E-state index contributed by atoms with van der Waals surface area (Å²) >= 11 is 0. The fourth-order valence-corrected chi connectivity index (χ4v) is 1.17. The zero-order chi connectivity index (χ0) is 10.1. The average Bonchev–Trinajstić information content (AvgIpc) is 2.31. The van der Waals surface area contributed by atoms with Crippen LogP contribution in [0.1, 0.15) is 19.8 Å². The standard InChI is InChI=1S/C7H9NO5/c1-4(9)13-7(6(11)12)3-2-5(10)8-7/h2-3H2,1H3,(H,8,10)(H,11,12)/t7-/m1/s1. The van der Waals surface area contributed by atoms with Gasteiger partial charge in [0.25, 0.3) is 5.72 Å². The van der Waals surface area contributed by atoms with Crippen molar-refractivity contribution in [3.05, 3.63) is 0 Å². The van der Waals surface area contributed by atoms with Gasteiger partial charge in [0.05, 0.1) is 0 Å². The molecular weight excluding hydrogens is 178 g/mol. The van der Waals surface area contributed by atoms with E-state index in [4.69, 9.17) is 5.11 Å². The van der Waals surface area contributed by atoms with E-state index >= 15 is 0 Å². The van der Waals surface area contributed by atoms with Crippen molar-refractivity contribution in [1.82, 2.24) is 5.32 Å². The quantitative estimate of drug-likeness (QED) is 0.554. The minimum absolute atomic E-state index is 0.0270. The van der Waals surface area contributed by atoms with Gasteiger partial charge in [-0.15, -0.1) is 0 Å². The first kappa shape index (κ1) is 9.50. The Morgan fingerprint density at radius 2 is 2.23 bits per heavy atom. The van der Waals surface area contributed by atoms with E-state index in [-0.39, 0.29) is 12.8 Å². The van der Waals surface area contributed by atoms with Crippen LogP contribution < -0.4 is 5.32 Å². The molecule has 1 aliphatic rings. The molecule has 72 valence electrons. The Bertz CT molecular complexity index is 274. The smallest absolute Gasteiger partial charge is 0.370 e. The van der Waals surface area contributed by atoms with Gasteiger partial charge in [-0.2, -0.15) is 0 Å². The number of carbonyl (C=O) groups is 3. The van der Waals surface area contributed by atoms with Crippen molar-refractivity contribution < 1.29 is 24.2 Å². The highest BCUT2D eigenvalue weighted by atomic mass is 16.6. The largest absolute Gasteiger partial charge is 0.477 e. The Hall–Kier alpha value is -1.59. The molecule has 1 atom stereocenters. The van der Waals surface area contributed by atoms with Crippen LogP contribution in [0.3, 0.4) is 0 Å². The fourth-order valence-electron chi connectivity index (χ4n) is 1.17. The molecule has 0 aromatic rings. The van der Waals surface area contributed by atoms with E-state index in [2.05, 4.69) is 10.1 Å². The third kappa shape index (κ3) is 1.77. The molecule has 1 amide bonds. The van der Waals surface area contributed by atoms with E-state index in [1.165, 1.54) is 0 Å². The van der Waals surface area contributed by atoms with Crippen LogP contribution in [-0.4, -0.2) is 28.7 Å². The Labute approximate surface area is 73.9 Å². The van der Waals surface area contributed by atoms with Crippen LogP contribution in [0.5, 0.6) is 0 Å². The molecule has 13 heavy (non-hydrogen) atoms. The summed E-state index contributed by atoms with van der Waals surface area (Å²) in [4.78, 5) is 32.1. The zero-order valence-electron chi connectivity index (χ0n) is 6.99. The first-order valence-electron chi connectivity index (χ1n) is 3.70. The summed E-state index contributed by atoms with van der Waals surface area (Å²) in [5, 5.41) is 10.9. The topological polar surface area (TPSA) is 92.7 Å². The van der Waals surface area contributed by atoms with E-state index in [0.717, 1.165) is 6.92 Å². The number of esters is 1. The van der Waals surface area contributed by atoms with Gasteiger partial charge < -0.3 is 15.2 Å². The molecular formula is C7H9NO5. The summed E-state index contributed by atoms with van der Waals surface area (Å²) in [7, 11) is 0. The van der Waals surface area contributed by atoms with Crippen LogP contribution in [0.15, 0.2) is 0 Å². The maximum Gasteiger partial charge on any atom is 0.370 e. The lowest BCUT2D eigenvalue weighted by atomic mass is 10.1. The number of amides is 1. The van der Waals surface area contributed by atoms with Gasteiger partial charge in [-0.25, -0.2) is 4.79 Å². The van der Waals surface area contributed by atoms with Crippen molar-refractivity contribution in [3.63, 3.8) is 0 Å². The number of aliphatic carboxylic acids is 1. The van der Waals surface area contributed by atoms with E-state index in [1.54, 1.807) is 0 Å². The van der Waals surface area contributed by atoms with Gasteiger partial charge in [0.2, 0.25) is 5.91 Å². The molecule has 0 unspecified atom stereocenters. The van der Waals surface area contributed by atoms with E-state index in [0.29, 0.717) is 0 Å². The van der Waals surface area contributed by atoms with Crippen LogP contribution >= 0.6 is 0 Å². The summed E-state index contributed by atoms with van der Waals surface area (Å²) in [5.74, 6) is -2.51. The Morgan fingerprint density at radius 1 is 1.62 bits per heavy atom.